The summed E-state index contributed by atoms with van der Waals surface area (Å²) >= 11 is 1.67. The van der Waals surface area contributed by atoms with E-state index in [0.29, 0.717) is 6.54 Å². The lowest BCUT2D eigenvalue weighted by Crippen LogP contribution is -2.02. The number of hydrogen-bond donors (Lipinski definition) is 1. The highest BCUT2D eigenvalue weighted by molar-refractivity contribution is 7.11. The van der Waals surface area contributed by atoms with Crippen LogP contribution in [0.25, 0.3) is 5.65 Å². The highest BCUT2D eigenvalue weighted by Crippen LogP contribution is 2.15. The van der Waals surface area contributed by atoms with Crippen LogP contribution < -0.4 is 5.32 Å². The van der Waals surface area contributed by atoms with Crippen molar-refractivity contribution in [3.63, 3.8) is 0 Å². The minimum absolute atomic E-state index is 0.699. The maximum atomic E-state index is 4.25. The maximum absolute atomic E-state index is 4.25. The molecule has 0 saturated carbocycles. The normalized spacial score (nSPS) is 10.9. The zero-order chi connectivity index (χ0) is 11.7. The average molecular weight is 246 g/mol. The second kappa shape index (κ2) is 4.10. The van der Waals surface area contributed by atoms with Crippen molar-refractivity contribution in [1.82, 2.24) is 24.6 Å². The maximum Gasteiger partial charge on any atom is 0.203 e. The molecule has 6 nitrogen and oxygen atoms in total. The van der Waals surface area contributed by atoms with E-state index in [2.05, 4.69) is 25.5 Å². The summed E-state index contributed by atoms with van der Waals surface area (Å²) in [4.78, 5) is 9.63. The van der Waals surface area contributed by atoms with Crippen LogP contribution in [0.1, 0.15) is 9.88 Å². The lowest BCUT2D eigenvalue weighted by Gasteiger charge is -2.03. The Bertz CT molecular complexity index is 643. The van der Waals surface area contributed by atoms with Crippen LogP contribution in [-0.4, -0.2) is 24.6 Å². The van der Waals surface area contributed by atoms with Crippen LogP contribution in [0.3, 0.4) is 0 Å². The zero-order valence-electron chi connectivity index (χ0n) is 9.16. The fourth-order valence-electron chi connectivity index (χ4n) is 1.54. The Morgan fingerprint density at radius 2 is 2.35 bits per heavy atom. The quantitative estimate of drug-likeness (QED) is 0.758. The van der Waals surface area contributed by atoms with Crippen molar-refractivity contribution in [3.05, 3.63) is 34.8 Å². The van der Waals surface area contributed by atoms with Gasteiger partial charge in [0.25, 0.3) is 0 Å². The Kier molecular flexibility index (Phi) is 2.45. The molecule has 3 aromatic rings. The van der Waals surface area contributed by atoms with Gasteiger partial charge in [-0.3, -0.25) is 4.40 Å². The molecule has 7 heteroatoms. The van der Waals surface area contributed by atoms with Crippen molar-refractivity contribution >= 4 is 22.8 Å². The molecule has 0 spiro atoms. The van der Waals surface area contributed by atoms with E-state index < -0.39 is 0 Å². The Morgan fingerprint density at radius 3 is 3.18 bits per heavy atom. The number of hydrogen-bond acceptors (Lipinski definition) is 6. The van der Waals surface area contributed by atoms with Gasteiger partial charge in [-0.2, -0.15) is 0 Å². The van der Waals surface area contributed by atoms with Crippen molar-refractivity contribution < 1.29 is 0 Å². The summed E-state index contributed by atoms with van der Waals surface area (Å²) < 4.78 is 1.83. The molecule has 0 aliphatic heterocycles. The predicted molar refractivity (Wildman–Crippen MR) is 65.0 cm³/mol. The van der Waals surface area contributed by atoms with Gasteiger partial charge in [-0.25, -0.2) is 9.97 Å². The molecule has 0 saturated heterocycles. The van der Waals surface area contributed by atoms with Crippen LogP contribution >= 0.6 is 11.3 Å². The fraction of sp³-hybridized carbons (Fsp3) is 0.200. The number of aromatic nitrogens is 5. The average Bonchev–Trinajstić information content (AvgIpc) is 2.94. The van der Waals surface area contributed by atoms with Crippen LogP contribution in [0.4, 0.5) is 5.82 Å². The van der Waals surface area contributed by atoms with Crippen LogP contribution in [-0.2, 0) is 6.54 Å². The first-order valence-electron chi connectivity index (χ1n) is 5.12. The third kappa shape index (κ3) is 1.96. The van der Waals surface area contributed by atoms with Crippen molar-refractivity contribution in [2.75, 3.05) is 5.32 Å². The van der Waals surface area contributed by atoms with Gasteiger partial charge in [0.05, 0.1) is 11.6 Å². The number of anilines is 1. The first-order chi connectivity index (χ1) is 8.33. The molecule has 0 aliphatic carbocycles. The van der Waals surface area contributed by atoms with Gasteiger partial charge in [-0.1, -0.05) is 0 Å². The summed E-state index contributed by atoms with van der Waals surface area (Å²) in [7, 11) is 0. The summed E-state index contributed by atoms with van der Waals surface area (Å²) in [5, 5.41) is 12.2. The van der Waals surface area contributed by atoms with Crippen molar-refractivity contribution in [2.24, 2.45) is 0 Å². The summed E-state index contributed by atoms with van der Waals surface area (Å²) in [5.41, 5.74) is 0.730. The largest absolute Gasteiger partial charge is 0.362 e. The number of thiazole rings is 1. The monoisotopic (exact) mass is 246 g/mol. The number of nitrogens with zero attached hydrogens (tertiary/aromatic N) is 5. The van der Waals surface area contributed by atoms with Gasteiger partial charge >= 0.3 is 0 Å². The van der Waals surface area contributed by atoms with E-state index in [-0.39, 0.29) is 0 Å². The van der Waals surface area contributed by atoms with Crippen LogP contribution in [0.5, 0.6) is 0 Å². The van der Waals surface area contributed by atoms with E-state index >= 15 is 0 Å². The molecule has 0 amide bonds. The Hall–Kier alpha value is -2.02. The standard InChI is InChI=1S/C10H10N6S/c1-7-12-4-8(17-7)5-13-9-10-15-14-6-16(10)3-2-11-9/h2-4,6H,5H2,1H3,(H,11,13). The molecule has 0 fully saturated rings. The summed E-state index contributed by atoms with van der Waals surface area (Å²) in [6.45, 7) is 2.69. The highest BCUT2D eigenvalue weighted by Gasteiger charge is 2.05. The van der Waals surface area contributed by atoms with E-state index in [1.165, 1.54) is 4.88 Å². The predicted octanol–water partition coefficient (Wildman–Crippen LogP) is 1.50. The molecule has 0 atom stereocenters. The fourth-order valence-corrected chi connectivity index (χ4v) is 2.28. The second-order valence-corrected chi connectivity index (χ2v) is 4.86. The molecule has 3 heterocycles. The molecule has 1 N–H and O–H groups in total. The Labute approximate surface area is 101 Å². The van der Waals surface area contributed by atoms with E-state index in [9.17, 15) is 0 Å². The van der Waals surface area contributed by atoms with Gasteiger partial charge in [0.2, 0.25) is 5.65 Å². The molecule has 3 rings (SSSR count). The minimum Gasteiger partial charge on any atom is -0.362 e. The van der Waals surface area contributed by atoms with Gasteiger partial charge in [-0.05, 0) is 6.92 Å². The molecular formula is C10H10N6S. The van der Waals surface area contributed by atoms with Crippen LogP contribution in [0.15, 0.2) is 24.9 Å². The molecule has 17 heavy (non-hydrogen) atoms. The number of aryl methyl sites for hydroxylation is 1. The van der Waals surface area contributed by atoms with Crippen LogP contribution in [0.2, 0.25) is 0 Å². The zero-order valence-corrected chi connectivity index (χ0v) is 9.98. The van der Waals surface area contributed by atoms with Gasteiger partial charge in [-0.15, -0.1) is 21.5 Å². The third-order valence-corrected chi connectivity index (χ3v) is 3.23. The molecule has 0 aliphatic rings. The lowest BCUT2D eigenvalue weighted by atomic mass is 10.5. The third-order valence-electron chi connectivity index (χ3n) is 2.31. The smallest absolute Gasteiger partial charge is 0.203 e. The van der Waals surface area contributed by atoms with E-state index in [1.54, 1.807) is 23.9 Å². The van der Waals surface area contributed by atoms with Gasteiger partial charge in [0.15, 0.2) is 5.82 Å². The Morgan fingerprint density at radius 1 is 1.41 bits per heavy atom. The number of rotatable bonds is 3. The topological polar surface area (TPSA) is 68.0 Å². The molecule has 3 aromatic heterocycles. The molecule has 0 aromatic carbocycles. The van der Waals surface area contributed by atoms with E-state index in [4.69, 9.17) is 0 Å². The first-order valence-corrected chi connectivity index (χ1v) is 5.94. The SMILES string of the molecule is Cc1ncc(CNc2nccn3cnnc23)s1. The van der Waals surface area contributed by atoms with E-state index in [1.807, 2.05) is 23.7 Å². The number of fused-ring (bicyclic) bond motifs is 1. The molecule has 0 bridgehead atoms. The molecular weight excluding hydrogens is 236 g/mol. The summed E-state index contributed by atoms with van der Waals surface area (Å²) in [6.07, 6.45) is 7.06. The second-order valence-electron chi connectivity index (χ2n) is 3.54. The molecule has 0 unspecified atom stereocenters. The summed E-state index contributed by atoms with van der Waals surface area (Å²) in [5.74, 6) is 0.732. The Balaban J connectivity index is 1.83. The van der Waals surface area contributed by atoms with Gasteiger partial charge in [0.1, 0.15) is 6.33 Å². The van der Waals surface area contributed by atoms with Crippen molar-refractivity contribution in [1.29, 1.82) is 0 Å². The first kappa shape index (κ1) is 10.2. The van der Waals surface area contributed by atoms with Crippen molar-refractivity contribution in [2.45, 2.75) is 13.5 Å². The van der Waals surface area contributed by atoms with Gasteiger partial charge in [0, 0.05) is 23.5 Å². The summed E-state index contributed by atoms with van der Waals surface area (Å²) in [6, 6.07) is 0. The highest BCUT2D eigenvalue weighted by atomic mass is 32.1. The van der Waals surface area contributed by atoms with Crippen molar-refractivity contribution in [3.8, 4) is 0 Å². The molecule has 0 radical (unpaired) electrons. The molecule has 86 valence electrons. The lowest BCUT2D eigenvalue weighted by molar-refractivity contribution is 1.08. The van der Waals surface area contributed by atoms with Gasteiger partial charge < -0.3 is 5.32 Å². The minimum atomic E-state index is 0.699. The van der Waals surface area contributed by atoms with Crippen LogP contribution in [0, 0.1) is 6.92 Å². The number of nitrogens with one attached hydrogen (secondary N) is 1. The van der Waals surface area contributed by atoms with E-state index in [0.717, 1.165) is 16.5 Å².